The van der Waals surface area contributed by atoms with E-state index in [9.17, 15) is 9.90 Å². The Kier molecular flexibility index (Phi) is 12.0. The Bertz CT molecular complexity index is 284. The van der Waals surface area contributed by atoms with Crippen LogP contribution in [0.4, 0.5) is 0 Å². The fraction of sp³-hybridized carbons (Fsp3) is 0.923. The highest BCUT2D eigenvalue weighted by Gasteiger charge is 2.33. The Morgan fingerprint density at radius 2 is 2.05 bits per heavy atom. The number of rotatable bonds is 8. The Morgan fingerprint density at radius 3 is 2.50 bits per heavy atom. The minimum absolute atomic E-state index is 0. The molecule has 0 radical (unpaired) electrons. The number of nitrogens with zero attached hydrogens (tertiary/aromatic N) is 1. The van der Waals surface area contributed by atoms with Crippen LogP contribution in [0.15, 0.2) is 0 Å². The summed E-state index contributed by atoms with van der Waals surface area (Å²) in [5.74, 6) is -0.286. The number of likely N-dealkylation sites (tertiary alicyclic amines) is 1. The third-order valence-corrected chi connectivity index (χ3v) is 4.21. The SMILES string of the molecule is BC(CCCC)(CCN1CC[C@@H](CO)C1)C(=O)O.Cl.Cl. The predicted octanol–water partition coefficient (Wildman–Crippen LogP) is 1.60. The molecule has 4 nitrogen and oxygen atoms in total. The van der Waals surface area contributed by atoms with Crippen LogP contribution in [-0.2, 0) is 4.79 Å². The van der Waals surface area contributed by atoms with Crippen molar-refractivity contribution in [3.63, 3.8) is 0 Å². The second-order valence-corrected chi connectivity index (χ2v) is 5.86. The highest BCUT2D eigenvalue weighted by Crippen LogP contribution is 2.34. The topological polar surface area (TPSA) is 60.8 Å². The molecule has 0 saturated carbocycles. The van der Waals surface area contributed by atoms with Gasteiger partial charge in [0.05, 0.1) is 0 Å². The van der Waals surface area contributed by atoms with E-state index in [2.05, 4.69) is 11.8 Å². The fourth-order valence-electron chi connectivity index (χ4n) is 2.58. The fourth-order valence-corrected chi connectivity index (χ4v) is 2.58. The molecule has 7 heteroatoms. The molecular formula is C13H28BCl2NO3. The van der Waals surface area contributed by atoms with E-state index in [4.69, 9.17) is 5.11 Å². The number of aliphatic hydroxyl groups is 1. The van der Waals surface area contributed by atoms with Crippen molar-refractivity contribution in [1.82, 2.24) is 4.90 Å². The van der Waals surface area contributed by atoms with Crippen molar-refractivity contribution in [2.24, 2.45) is 5.92 Å². The summed E-state index contributed by atoms with van der Waals surface area (Å²) in [5, 5.41) is 17.9. The summed E-state index contributed by atoms with van der Waals surface area (Å²) in [6.07, 6.45) is 4.52. The van der Waals surface area contributed by atoms with E-state index in [-0.39, 0.29) is 31.4 Å². The van der Waals surface area contributed by atoms with Crippen molar-refractivity contribution in [2.75, 3.05) is 26.2 Å². The van der Waals surface area contributed by atoms with Crippen molar-refractivity contribution in [2.45, 2.75) is 44.3 Å². The van der Waals surface area contributed by atoms with Crippen LogP contribution in [0.3, 0.4) is 0 Å². The van der Waals surface area contributed by atoms with Crippen LogP contribution in [0.2, 0.25) is 5.31 Å². The van der Waals surface area contributed by atoms with Gasteiger partial charge in [-0.25, -0.2) is 0 Å². The van der Waals surface area contributed by atoms with Gasteiger partial charge in [-0.1, -0.05) is 19.8 Å². The molecule has 2 N–H and O–H groups in total. The summed E-state index contributed by atoms with van der Waals surface area (Å²) in [6, 6.07) is 0. The van der Waals surface area contributed by atoms with Crippen LogP contribution in [0.5, 0.6) is 0 Å². The number of carboxylic acids is 1. The lowest BCUT2D eigenvalue weighted by molar-refractivity contribution is -0.141. The molecule has 1 aliphatic heterocycles. The monoisotopic (exact) mass is 327 g/mol. The van der Waals surface area contributed by atoms with Crippen LogP contribution in [0.25, 0.3) is 0 Å². The molecule has 1 unspecified atom stereocenters. The molecule has 0 aliphatic carbocycles. The van der Waals surface area contributed by atoms with Gasteiger partial charge < -0.3 is 15.1 Å². The van der Waals surface area contributed by atoms with E-state index in [1.807, 2.05) is 7.85 Å². The van der Waals surface area contributed by atoms with E-state index in [0.717, 1.165) is 45.3 Å². The molecule has 1 aliphatic rings. The Labute approximate surface area is 135 Å². The van der Waals surface area contributed by atoms with Crippen molar-refractivity contribution < 1.29 is 15.0 Å². The molecule has 0 bridgehead atoms. The smallest absolute Gasteiger partial charge is 0.301 e. The lowest BCUT2D eigenvalue weighted by Crippen LogP contribution is -2.31. The largest absolute Gasteiger partial charge is 0.481 e. The Hall–Kier alpha value is 0.0349. The van der Waals surface area contributed by atoms with Crippen LogP contribution in [0.1, 0.15) is 39.0 Å². The molecule has 20 heavy (non-hydrogen) atoms. The third-order valence-electron chi connectivity index (χ3n) is 4.21. The molecule has 1 heterocycles. The quantitative estimate of drug-likeness (QED) is 0.665. The van der Waals surface area contributed by atoms with E-state index in [0.29, 0.717) is 12.3 Å². The number of aliphatic carboxylic acids is 1. The molecule has 0 aromatic carbocycles. The van der Waals surface area contributed by atoms with E-state index in [1.54, 1.807) is 0 Å². The van der Waals surface area contributed by atoms with Crippen molar-refractivity contribution in [3.05, 3.63) is 0 Å². The molecule has 0 aromatic rings. The average molecular weight is 328 g/mol. The minimum atomic E-state index is -0.672. The van der Waals surface area contributed by atoms with E-state index < -0.39 is 11.3 Å². The van der Waals surface area contributed by atoms with Gasteiger partial charge in [-0.15, -0.1) is 24.8 Å². The van der Waals surface area contributed by atoms with Crippen LogP contribution in [-0.4, -0.2) is 55.2 Å². The van der Waals surface area contributed by atoms with Crippen LogP contribution < -0.4 is 0 Å². The zero-order chi connectivity index (χ0) is 13.6. The maximum Gasteiger partial charge on any atom is 0.301 e. The number of unbranched alkanes of at least 4 members (excludes halogenated alkanes) is 1. The number of carboxylic acid groups (broad SMARTS) is 1. The normalized spacial score (nSPS) is 21.6. The summed E-state index contributed by atoms with van der Waals surface area (Å²) in [7, 11) is 1.87. The molecule has 1 saturated heterocycles. The molecule has 1 rings (SSSR count). The summed E-state index contributed by atoms with van der Waals surface area (Å²) in [5.41, 5.74) is 0. The molecule has 120 valence electrons. The summed E-state index contributed by atoms with van der Waals surface area (Å²) >= 11 is 0. The number of aliphatic hydroxyl groups excluding tert-OH is 1. The number of carbonyl (C=O) groups is 1. The predicted molar refractivity (Wildman–Crippen MR) is 89.1 cm³/mol. The van der Waals surface area contributed by atoms with Crippen LogP contribution in [0, 0.1) is 5.92 Å². The second-order valence-electron chi connectivity index (χ2n) is 5.86. The van der Waals surface area contributed by atoms with Gasteiger partial charge in [0.25, 0.3) is 0 Å². The zero-order valence-electron chi connectivity index (χ0n) is 12.5. The number of hydrogen-bond acceptors (Lipinski definition) is 3. The van der Waals surface area contributed by atoms with E-state index in [1.165, 1.54) is 0 Å². The van der Waals surface area contributed by atoms with Crippen molar-refractivity contribution in [3.8, 4) is 0 Å². The zero-order valence-corrected chi connectivity index (χ0v) is 14.1. The first-order chi connectivity index (χ1) is 8.51. The first-order valence-electron chi connectivity index (χ1n) is 7.08. The average Bonchev–Trinajstić information content (AvgIpc) is 2.81. The first-order valence-corrected chi connectivity index (χ1v) is 7.08. The van der Waals surface area contributed by atoms with Crippen LogP contribution >= 0.6 is 24.8 Å². The third kappa shape index (κ3) is 6.66. The maximum atomic E-state index is 11.4. The van der Waals surface area contributed by atoms with Gasteiger partial charge in [0.1, 0.15) is 7.85 Å². The van der Waals surface area contributed by atoms with Gasteiger partial charge in [0, 0.05) is 18.5 Å². The van der Waals surface area contributed by atoms with Crippen molar-refractivity contribution in [1.29, 1.82) is 0 Å². The molecule has 0 amide bonds. The van der Waals surface area contributed by atoms with Gasteiger partial charge >= 0.3 is 5.97 Å². The maximum absolute atomic E-state index is 11.4. The number of halogens is 2. The Balaban J connectivity index is 0. The molecule has 0 aromatic heterocycles. The van der Waals surface area contributed by atoms with E-state index >= 15 is 0 Å². The van der Waals surface area contributed by atoms with Crippen molar-refractivity contribution >= 4 is 38.6 Å². The molecular weight excluding hydrogens is 300 g/mol. The van der Waals surface area contributed by atoms with Gasteiger partial charge in [-0.05, 0) is 38.3 Å². The minimum Gasteiger partial charge on any atom is -0.481 e. The number of hydrogen-bond donors (Lipinski definition) is 2. The highest BCUT2D eigenvalue weighted by atomic mass is 35.5. The first kappa shape index (κ1) is 22.3. The van der Waals surface area contributed by atoms with Gasteiger partial charge in [0.2, 0.25) is 0 Å². The highest BCUT2D eigenvalue weighted by molar-refractivity contribution is 6.26. The molecule has 2 atom stereocenters. The van der Waals surface area contributed by atoms with Gasteiger partial charge in [-0.3, -0.25) is 4.79 Å². The molecule has 1 fully saturated rings. The lowest BCUT2D eigenvalue weighted by atomic mass is 9.63. The standard InChI is InChI=1S/C13H26BNO3.2ClH/c1-2-3-5-13(14,12(17)18)6-8-15-7-4-11(9-15)10-16;;/h11,16H,2-10,14H2,1H3,(H,17,18);2*1H/t11-,13?;;/m1../s1. The van der Waals surface area contributed by atoms with Gasteiger partial charge in [0.15, 0.2) is 0 Å². The second kappa shape index (κ2) is 10.7. The summed E-state index contributed by atoms with van der Waals surface area (Å²) in [6.45, 7) is 5.09. The lowest BCUT2D eigenvalue weighted by Gasteiger charge is -2.27. The molecule has 0 spiro atoms. The summed E-state index contributed by atoms with van der Waals surface area (Å²) in [4.78, 5) is 13.7. The Morgan fingerprint density at radius 1 is 1.40 bits per heavy atom. The van der Waals surface area contributed by atoms with Gasteiger partial charge in [-0.2, -0.15) is 0 Å². The summed E-state index contributed by atoms with van der Waals surface area (Å²) < 4.78 is 0.